The molecule has 1 aromatic heterocycles. The summed E-state index contributed by atoms with van der Waals surface area (Å²) in [6, 6.07) is 0.884. The van der Waals surface area contributed by atoms with Gasteiger partial charge >= 0.3 is 0 Å². The molecule has 102 valence electrons. The quantitative estimate of drug-likeness (QED) is 0.849. The van der Waals surface area contributed by atoms with Crippen molar-refractivity contribution in [3.63, 3.8) is 0 Å². The van der Waals surface area contributed by atoms with E-state index in [1.807, 2.05) is 0 Å². The summed E-state index contributed by atoms with van der Waals surface area (Å²) in [4.78, 5) is 4.64. The second-order valence-corrected chi connectivity index (χ2v) is 5.93. The lowest BCUT2D eigenvalue weighted by Crippen LogP contribution is -2.39. The molecule has 1 aliphatic rings. The van der Waals surface area contributed by atoms with Gasteiger partial charge in [0.1, 0.15) is 0 Å². The summed E-state index contributed by atoms with van der Waals surface area (Å²) in [5.41, 5.74) is 0. The smallest absolute Gasteiger partial charge is 0.226 e. The second-order valence-electron chi connectivity index (χ2n) is 5.54. The van der Waals surface area contributed by atoms with E-state index in [-0.39, 0.29) is 0 Å². The van der Waals surface area contributed by atoms with E-state index in [0.29, 0.717) is 12.1 Å². The first kappa shape index (κ1) is 13.5. The Morgan fingerprint density at radius 3 is 2.83 bits per heavy atom. The van der Waals surface area contributed by atoms with Crippen molar-refractivity contribution in [2.75, 3.05) is 32.1 Å². The lowest BCUT2D eigenvalue weighted by Gasteiger charge is -2.28. The molecule has 18 heavy (non-hydrogen) atoms. The predicted octanol–water partition coefficient (Wildman–Crippen LogP) is 2.05. The Bertz CT molecular complexity index is 448. The van der Waals surface area contributed by atoms with E-state index in [1.54, 1.807) is 0 Å². The van der Waals surface area contributed by atoms with Crippen molar-refractivity contribution in [1.82, 2.24) is 19.7 Å². The van der Waals surface area contributed by atoms with Gasteiger partial charge in [0, 0.05) is 25.2 Å². The van der Waals surface area contributed by atoms with Crippen molar-refractivity contribution >= 4 is 18.2 Å². The minimum absolute atomic E-state index is 0.340. The van der Waals surface area contributed by atoms with Crippen LogP contribution in [0, 0.1) is 4.77 Å². The third-order valence-corrected chi connectivity index (χ3v) is 3.70. The van der Waals surface area contributed by atoms with Crippen molar-refractivity contribution in [2.24, 2.45) is 0 Å². The van der Waals surface area contributed by atoms with Crippen LogP contribution in [0.3, 0.4) is 0 Å². The number of rotatable bonds is 4. The van der Waals surface area contributed by atoms with Crippen LogP contribution in [0.1, 0.15) is 32.7 Å². The van der Waals surface area contributed by atoms with Gasteiger partial charge < -0.3 is 9.80 Å². The molecule has 5 nitrogen and oxygen atoms in total. The topological polar surface area (TPSA) is 40.1 Å². The standard InChI is InChI=1S/C12H23N5S/c1-9(2)17-11(13-14-12(17)18)16-7-5-6-10(16)8-15(3)4/h9-10H,5-8H2,1-4H3,(H,14,18). The zero-order chi connectivity index (χ0) is 13.3. The van der Waals surface area contributed by atoms with Crippen LogP contribution in [0.5, 0.6) is 0 Å². The Morgan fingerprint density at radius 2 is 2.22 bits per heavy atom. The minimum atomic E-state index is 0.340. The van der Waals surface area contributed by atoms with Crippen LogP contribution >= 0.6 is 12.2 Å². The molecule has 1 unspecified atom stereocenters. The molecule has 6 heteroatoms. The first-order valence-corrected chi connectivity index (χ1v) is 6.99. The van der Waals surface area contributed by atoms with E-state index in [0.717, 1.165) is 23.8 Å². The SMILES string of the molecule is CC(C)n1c(N2CCCC2CN(C)C)n[nH]c1=S. The van der Waals surface area contributed by atoms with Gasteiger partial charge in [-0.15, -0.1) is 5.10 Å². The molecule has 2 rings (SSSR count). The molecule has 0 amide bonds. The third kappa shape index (κ3) is 2.59. The van der Waals surface area contributed by atoms with Crippen molar-refractivity contribution in [2.45, 2.75) is 38.8 Å². The fourth-order valence-corrected chi connectivity index (χ4v) is 3.01. The first-order valence-electron chi connectivity index (χ1n) is 6.59. The molecule has 0 saturated carbocycles. The minimum Gasteiger partial charge on any atom is -0.337 e. The number of hydrogen-bond donors (Lipinski definition) is 1. The summed E-state index contributed by atoms with van der Waals surface area (Å²) in [6.45, 7) is 6.43. The average molecular weight is 269 g/mol. The number of aromatic nitrogens is 3. The van der Waals surface area contributed by atoms with Gasteiger partial charge in [0.2, 0.25) is 5.95 Å². The van der Waals surface area contributed by atoms with Gasteiger partial charge in [-0.2, -0.15) is 0 Å². The van der Waals surface area contributed by atoms with Gasteiger partial charge in [-0.1, -0.05) is 0 Å². The maximum absolute atomic E-state index is 5.32. The van der Waals surface area contributed by atoms with E-state index in [4.69, 9.17) is 12.2 Å². The highest BCUT2D eigenvalue weighted by Gasteiger charge is 2.29. The van der Waals surface area contributed by atoms with E-state index in [9.17, 15) is 0 Å². The van der Waals surface area contributed by atoms with Gasteiger partial charge in [0.25, 0.3) is 0 Å². The van der Waals surface area contributed by atoms with Gasteiger partial charge in [-0.25, -0.2) is 5.10 Å². The van der Waals surface area contributed by atoms with Crippen LogP contribution in [0.2, 0.25) is 0 Å². The highest BCUT2D eigenvalue weighted by atomic mass is 32.1. The number of nitrogens with zero attached hydrogens (tertiary/aromatic N) is 4. The van der Waals surface area contributed by atoms with Crippen molar-refractivity contribution in [3.8, 4) is 0 Å². The monoisotopic (exact) mass is 269 g/mol. The molecule has 0 spiro atoms. The zero-order valence-electron chi connectivity index (χ0n) is 11.7. The van der Waals surface area contributed by atoms with Gasteiger partial charge in [0.05, 0.1) is 0 Å². The zero-order valence-corrected chi connectivity index (χ0v) is 12.5. The Labute approximate surface area is 114 Å². The summed E-state index contributed by atoms with van der Waals surface area (Å²) >= 11 is 5.32. The normalized spacial score (nSPS) is 20.3. The number of anilines is 1. The van der Waals surface area contributed by atoms with Crippen molar-refractivity contribution < 1.29 is 0 Å². The number of nitrogens with one attached hydrogen (secondary N) is 1. The summed E-state index contributed by atoms with van der Waals surface area (Å²) in [5.74, 6) is 0.999. The van der Waals surface area contributed by atoms with E-state index < -0.39 is 0 Å². The van der Waals surface area contributed by atoms with Gasteiger partial charge in [-0.3, -0.25) is 4.57 Å². The number of likely N-dealkylation sites (N-methyl/N-ethyl adjacent to an activating group) is 1. The maximum Gasteiger partial charge on any atom is 0.226 e. The number of hydrogen-bond acceptors (Lipinski definition) is 4. The van der Waals surface area contributed by atoms with Crippen molar-refractivity contribution in [1.29, 1.82) is 0 Å². The van der Waals surface area contributed by atoms with Crippen LogP contribution in [-0.4, -0.2) is 52.9 Å². The van der Waals surface area contributed by atoms with Crippen LogP contribution in [0.4, 0.5) is 5.95 Å². The van der Waals surface area contributed by atoms with E-state index in [2.05, 4.69) is 52.5 Å². The molecule has 2 heterocycles. The molecule has 1 atom stereocenters. The predicted molar refractivity (Wildman–Crippen MR) is 76.7 cm³/mol. The van der Waals surface area contributed by atoms with Crippen LogP contribution < -0.4 is 4.90 Å². The molecule has 1 aromatic rings. The molecule has 0 radical (unpaired) electrons. The Balaban J connectivity index is 2.28. The van der Waals surface area contributed by atoms with Gasteiger partial charge in [0.15, 0.2) is 4.77 Å². The highest BCUT2D eigenvalue weighted by molar-refractivity contribution is 7.71. The largest absolute Gasteiger partial charge is 0.337 e. The lowest BCUT2D eigenvalue weighted by atomic mass is 10.2. The van der Waals surface area contributed by atoms with Crippen molar-refractivity contribution in [3.05, 3.63) is 4.77 Å². The van der Waals surface area contributed by atoms with E-state index in [1.165, 1.54) is 12.8 Å². The summed E-state index contributed by atoms with van der Waals surface area (Å²) in [6.07, 6.45) is 2.46. The van der Waals surface area contributed by atoms with E-state index >= 15 is 0 Å². The fraction of sp³-hybridized carbons (Fsp3) is 0.833. The number of H-pyrrole nitrogens is 1. The molecule has 1 aliphatic heterocycles. The second kappa shape index (κ2) is 5.40. The highest BCUT2D eigenvalue weighted by Crippen LogP contribution is 2.26. The summed E-state index contributed by atoms with van der Waals surface area (Å²) in [7, 11) is 4.24. The molecule has 1 N–H and O–H groups in total. The third-order valence-electron chi connectivity index (χ3n) is 3.41. The average Bonchev–Trinajstić information content (AvgIpc) is 2.83. The summed E-state index contributed by atoms with van der Waals surface area (Å²) in [5, 5.41) is 7.36. The molecule has 1 saturated heterocycles. The Hall–Kier alpha value is -0.880. The molecule has 0 aromatic carbocycles. The fourth-order valence-electron chi connectivity index (χ4n) is 2.67. The molecular formula is C12H23N5S. The molecule has 0 aliphatic carbocycles. The van der Waals surface area contributed by atoms with Crippen LogP contribution in [-0.2, 0) is 0 Å². The molecule has 1 fully saturated rings. The molecule has 0 bridgehead atoms. The Kier molecular flexibility index (Phi) is 4.07. The van der Waals surface area contributed by atoms with Crippen LogP contribution in [0.25, 0.3) is 0 Å². The molecular weight excluding hydrogens is 246 g/mol. The Morgan fingerprint density at radius 1 is 1.50 bits per heavy atom. The number of aromatic amines is 1. The van der Waals surface area contributed by atoms with Crippen LogP contribution in [0.15, 0.2) is 0 Å². The first-order chi connectivity index (χ1) is 8.50. The maximum atomic E-state index is 5.32. The summed E-state index contributed by atoms with van der Waals surface area (Å²) < 4.78 is 2.83. The van der Waals surface area contributed by atoms with Gasteiger partial charge in [-0.05, 0) is 53.0 Å². The lowest BCUT2D eigenvalue weighted by molar-refractivity contribution is 0.369.